The fraction of sp³-hybridized carbons (Fsp3) is 0.833. The number of carbonyl (C=O) groups excluding carboxylic acids is 1. The molecule has 14 heteroatoms. The van der Waals surface area contributed by atoms with Crippen molar-refractivity contribution in [3.05, 3.63) is 30.3 Å². The summed E-state index contributed by atoms with van der Waals surface area (Å²) in [5.74, 6) is -0.139. The normalized spacial score (nSPS) is 11.7. The Morgan fingerprint density at radius 2 is 0.714 bits per heavy atom. The van der Waals surface area contributed by atoms with Crippen LogP contribution in [-0.4, -0.2) is 133 Å². The summed E-state index contributed by atoms with van der Waals surface area (Å²) in [5, 5.41) is 0. The number of hydrogen-bond acceptors (Lipinski definition) is 13. The van der Waals surface area contributed by atoms with Gasteiger partial charge in [0, 0.05) is 6.42 Å². The van der Waals surface area contributed by atoms with Gasteiger partial charge in [0.2, 0.25) is 0 Å². The van der Waals surface area contributed by atoms with Crippen LogP contribution in [0.4, 0.5) is 0 Å². The van der Waals surface area contributed by atoms with Gasteiger partial charge in [0.15, 0.2) is 0 Å². The zero-order valence-electron chi connectivity index (χ0n) is 34.6. The van der Waals surface area contributed by atoms with Crippen molar-refractivity contribution in [1.82, 2.24) is 0 Å². The third kappa shape index (κ3) is 36.6. The lowest BCUT2D eigenvalue weighted by Gasteiger charge is -2.09. The minimum absolute atomic E-state index is 0.0603. The number of hydrogen-bond donors (Lipinski definition) is 0. The summed E-state index contributed by atoms with van der Waals surface area (Å²) < 4.78 is 77.8. The van der Waals surface area contributed by atoms with Crippen molar-refractivity contribution in [3.63, 3.8) is 0 Å². The summed E-state index contributed by atoms with van der Waals surface area (Å²) >= 11 is 0. The Labute approximate surface area is 339 Å². The number of carbonyl (C=O) groups is 1. The Morgan fingerprint density at radius 3 is 1.07 bits per heavy atom. The Balaban J connectivity index is 1.67. The van der Waals surface area contributed by atoms with Crippen molar-refractivity contribution in [2.45, 2.75) is 115 Å². The van der Waals surface area contributed by atoms with Crippen molar-refractivity contribution >= 4 is 16.1 Å². The van der Waals surface area contributed by atoms with Crippen LogP contribution < -0.4 is 0 Å². The molecule has 0 saturated carbocycles. The molecule has 328 valence electrons. The molecule has 0 N–H and O–H groups in total. The van der Waals surface area contributed by atoms with Crippen LogP contribution in [0.5, 0.6) is 0 Å². The smallest absolute Gasteiger partial charge is 0.305 e. The van der Waals surface area contributed by atoms with Gasteiger partial charge < -0.3 is 42.6 Å². The second kappa shape index (κ2) is 41.4. The molecule has 0 amide bonds. The fourth-order valence-corrected chi connectivity index (χ4v) is 6.34. The molecule has 0 saturated heterocycles. The molecular formula is C42H76O13S. The fourth-order valence-electron chi connectivity index (χ4n) is 5.43. The van der Waals surface area contributed by atoms with E-state index < -0.39 is 10.1 Å². The average Bonchev–Trinajstić information content (AvgIpc) is 3.20. The van der Waals surface area contributed by atoms with Gasteiger partial charge in [0.05, 0.1) is 117 Å². The second-order valence-electron chi connectivity index (χ2n) is 13.4. The van der Waals surface area contributed by atoms with Crippen LogP contribution in [0.2, 0.25) is 0 Å². The molecule has 56 heavy (non-hydrogen) atoms. The summed E-state index contributed by atoms with van der Waals surface area (Å²) in [6.45, 7) is 9.21. The van der Waals surface area contributed by atoms with Crippen LogP contribution in [0.1, 0.15) is 110 Å². The quantitative estimate of drug-likeness (QED) is 0.0369. The topological polar surface area (TPSA) is 144 Å². The number of rotatable bonds is 45. The number of unbranched alkanes of at least 4 members (excludes halogenated alkanes) is 14. The molecule has 0 spiro atoms. The third-order valence-electron chi connectivity index (χ3n) is 8.58. The maximum atomic E-state index is 12.0. The molecule has 13 nitrogen and oxygen atoms in total. The zero-order valence-corrected chi connectivity index (χ0v) is 35.5. The van der Waals surface area contributed by atoms with Crippen molar-refractivity contribution in [2.24, 2.45) is 0 Å². The highest BCUT2D eigenvalue weighted by Crippen LogP contribution is 2.14. The van der Waals surface area contributed by atoms with Crippen molar-refractivity contribution in [3.8, 4) is 0 Å². The molecule has 0 aliphatic carbocycles. The van der Waals surface area contributed by atoms with Gasteiger partial charge in [0.25, 0.3) is 10.1 Å². The Morgan fingerprint density at radius 1 is 0.411 bits per heavy atom. The molecule has 0 fully saturated rings. The average molecular weight is 821 g/mol. The SMILES string of the molecule is CCCCCCCCCCCCCCCCCC(=O)OCCOCCOCCOCCOCCOCCOCCOCCOCCOS(=O)(=O)c1ccccc1. The minimum atomic E-state index is -3.76. The van der Waals surface area contributed by atoms with Crippen LogP contribution in [0.3, 0.4) is 0 Å². The molecule has 0 heterocycles. The summed E-state index contributed by atoms with van der Waals surface area (Å²) in [7, 11) is -3.76. The molecule has 1 aromatic rings. The zero-order chi connectivity index (χ0) is 40.3. The van der Waals surface area contributed by atoms with E-state index in [-0.39, 0.29) is 30.7 Å². The van der Waals surface area contributed by atoms with Crippen molar-refractivity contribution in [1.29, 1.82) is 0 Å². The predicted molar refractivity (Wildman–Crippen MR) is 217 cm³/mol. The molecule has 0 unspecified atom stereocenters. The highest BCUT2D eigenvalue weighted by Gasteiger charge is 2.13. The first-order valence-corrected chi connectivity index (χ1v) is 22.7. The van der Waals surface area contributed by atoms with Gasteiger partial charge in [-0.2, -0.15) is 8.42 Å². The van der Waals surface area contributed by atoms with E-state index in [1.165, 1.54) is 95.6 Å². The van der Waals surface area contributed by atoms with E-state index in [2.05, 4.69) is 6.92 Å². The molecule has 0 atom stereocenters. The number of benzene rings is 1. The molecular weight excluding hydrogens is 745 g/mol. The summed E-state index contributed by atoms with van der Waals surface area (Å²) in [6, 6.07) is 7.98. The van der Waals surface area contributed by atoms with E-state index in [9.17, 15) is 13.2 Å². The monoisotopic (exact) mass is 821 g/mol. The summed E-state index contributed by atoms with van der Waals surface area (Å²) in [5.41, 5.74) is 0. The van der Waals surface area contributed by atoms with Crippen LogP contribution in [0.15, 0.2) is 35.2 Å². The highest BCUT2D eigenvalue weighted by molar-refractivity contribution is 7.86. The number of esters is 1. The van der Waals surface area contributed by atoms with E-state index in [4.69, 9.17) is 46.8 Å². The third-order valence-corrected chi connectivity index (χ3v) is 9.90. The van der Waals surface area contributed by atoms with Crippen molar-refractivity contribution in [2.75, 3.05) is 119 Å². The number of ether oxygens (including phenoxy) is 9. The largest absolute Gasteiger partial charge is 0.463 e. The van der Waals surface area contributed by atoms with Crippen LogP contribution >= 0.6 is 0 Å². The molecule has 0 aliphatic rings. The molecule has 0 aromatic heterocycles. The predicted octanol–water partition coefficient (Wildman–Crippen LogP) is 7.33. The van der Waals surface area contributed by atoms with Crippen LogP contribution in [-0.2, 0) is 61.7 Å². The van der Waals surface area contributed by atoms with Gasteiger partial charge in [-0.25, -0.2) is 0 Å². The Bertz CT molecular complexity index is 1060. The standard InChI is InChI=1S/C42H76O13S/c1-2-3-4-5-6-7-8-9-10-11-12-13-14-15-19-22-42(43)54-39-37-52-35-33-50-31-29-48-27-25-46-23-24-47-26-28-49-30-32-51-34-36-53-38-40-55-56(44,45)41-20-17-16-18-21-41/h16-18,20-21H,2-15,19,22-40H2,1H3. The summed E-state index contributed by atoms with van der Waals surface area (Å²) in [6.07, 6.45) is 20.1. The Hall–Kier alpha value is -1.72. The second-order valence-corrected chi connectivity index (χ2v) is 15.0. The van der Waals surface area contributed by atoms with Gasteiger partial charge in [-0.1, -0.05) is 115 Å². The van der Waals surface area contributed by atoms with E-state index >= 15 is 0 Å². The van der Waals surface area contributed by atoms with Crippen molar-refractivity contribution < 1.29 is 60.0 Å². The first-order valence-electron chi connectivity index (χ1n) is 21.3. The lowest BCUT2D eigenvalue weighted by molar-refractivity contribution is -0.145. The lowest BCUT2D eigenvalue weighted by atomic mass is 10.0. The first kappa shape index (κ1) is 52.3. The van der Waals surface area contributed by atoms with Gasteiger partial charge in [-0.3, -0.25) is 8.98 Å². The Kier molecular flexibility index (Phi) is 38.7. The van der Waals surface area contributed by atoms with E-state index in [0.717, 1.165) is 12.8 Å². The maximum absolute atomic E-state index is 12.0. The molecule has 0 bridgehead atoms. The molecule has 1 rings (SSSR count). The first-order chi connectivity index (χ1) is 27.6. The van der Waals surface area contributed by atoms with Crippen LogP contribution in [0, 0.1) is 0 Å². The minimum Gasteiger partial charge on any atom is -0.463 e. The summed E-state index contributed by atoms with van der Waals surface area (Å²) in [4.78, 5) is 12.0. The molecule has 0 aliphatic heterocycles. The molecule has 0 radical (unpaired) electrons. The van der Waals surface area contributed by atoms with Gasteiger partial charge in [-0.05, 0) is 18.6 Å². The molecule has 1 aromatic carbocycles. The van der Waals surface area contributed by atoms with E-state index in [0.29, 0.717) is 106 Å². The highest BCUT2D eigenvalue weighted by atomic mass is 32.2. The van der Waals surface area contributed by atoms with Gasteiger partial charge in [-0.15, -0.1) is 0 Å². The van der Waals surface area contributed by atoms with Crippen LogP contribution in [0.25, 0.3) is 0 Å². The lowest BCUT2D eigenvalue weighted by Crippen LogP contribution is -2.16. The van der Waals surface area contributed by atoms with E-state index in [1.807, 2.05) is 0 Å². The van der Waals surface area contributed by atoms with E-state index in [1.54, 1.807) is 18.2 Å². The maximum Gasteiger partial charge on any atom is 0.305 e. The van der Waals surface area contributed by atoms with Gasteiger partial charge in [0.1, 0.15) is 6.61 Å². The van der Waals surface area contributed by atoms with Gasteiger partial charge >= 0.3 is 5.97 Å².